The van der Waals surface area contributed by atoms with Gasteiger partial charge in [0.25, 0.3) is 5.91 Å². The first-order valence-electron chi connectivity index (χ1n) is 5.59. The number of nitro groups is 1. The molecule has 0 heterocycles. The number of anilines is 1. The Labute approximate surface area is 135 Å². The van der Waals surface area contributed by atoms with Crippen LogP contribution in [-0.4, -0.2) is 10.8 Å². The maximum absolute atomic E-state index is 13.5. The zero-order chi connectivity index (χ0) is 15.6. The van der Waals surface area contributed by atoms with Crippen LogP contribution in [0.2, 0.25) is 0 Å². The predicted octanol–water partition coefficient (Wildman–Crippen LogP) is 4.51. The van der Waals surface area contributed by atoms with Gasteiger partial charge in [0.15, 0.2) is 0 Å². The maximum atomic E-state index is 13.5. The van der Waals surface area contributed by atoms with Crippen LogP contribution in [0.3, 0.4) is 0 Å². The van der Waals surface area contributed by atoms with Gasteiger partial charge in [0.2, 0.25) is 5.82 Å². The van der Waals surface area contributed by atoms with Crippen molar-refractivity contribution in [2.75, 3.05) is 5.32 Å². The molecule has 0 aliphatic carbocycles. The molecular formula is C13H7Br2FN2O3. The predicted molar refractivity (Wildman–Crippen MR) is 82.8 cm³/mol. The molecule has 0 radical (unpaired) electrons. The van der Waals surface area contributed by atoms with Gasteiger partial charge in [-0.15, -0.1) is 0 Å². The number of carbonyl (C=O) groups is 1. The summed E-state index contributed by atoms with van der Waals surface area (Å²) in [5.41, 5.74) is -0.198. The summed E-state index contributed by atoms with van der Waals surface area (Å²) < 4.78 is 14.8. The Bertz CT molecular complexity index is 717. The van der Waals surface area contributed by atoms with Crippen molar-refractivity contribution < 1.29 is 14.1 Å². The fourth-order valence-corrected chi connectivity index (χ4v) is 2.80. The number of rotatable bonds is 3. The number of para-hydroxylation sites is 1. The zero-order valence-corrected chi connectivity index (χ0v) is 13.4. The summed E-state index contributed by atoms with van der Waals surface area (Å²) in [5.74, 6) is -1.63. The average molecular weight is 418 g/mol. The molecule has 0 bridgehead atoms. The topological polar surface area (TPSA) is 72.2 Å². The van der Waals surface area contributed by atoms with Gasteiger partial charge in [0.05, 0.1) is 10.6 Å². The van der Waals surface area contributed by atoms with Gasteiger partial charge in [-0.1, -0.05) is 6.07 Å². The highest BCUT2D eigenvalue weighted by atomic mass is 79.9. The molecule has 0 atom stereocenters. The molecule has 0 fully saturated rings. The number of nitro benzene ring substituents is 1. The molecule has 1 N–H and O–H groups in total. The summed E-state index contributed by atoms with van der Waals surface area (Å²) in [5, 5.41) is 13.1. The number of benzene rings is 2. The lowest BCUT2D eigenvalue weighted by molar-refractivity contribution is -0.387. The van der Waals surface area contributed by atoms with Crippen LogP contribution < -0.4 is 5.32 Å². The summed E-state index contributed by atoms with van der Waals surface area (Å²) in [6.45, 7) is 0. The van der Waals surface area contributed by atoms with Crippen molar-refractivity contribution in [3.63, 3.8) is 0 Å². The molecule has 1 amide bonds. The number of nitrogens with one attached hydrogen (secondary N) is 1. The number of carbonyl (C=O) groups excluding carboxylic acids is 1. The first-order chi connectivity index (χ1) is 9.90. The molecule has 21 heavy (non-hydrogen) atoms. The van der Waals surface area contributed by atoms with Crippen LogP contribution in [0, 0.1) is 15.9 Å². The molecule has 0 saturated carbocycles. The van der Waals surface area contributed by atoms with Crippen molar-refractivity contribution in [1.29, 1.82) is 0 Å². The van der Waals surface area contributed by atoms with E-state index in [1.165, 1.54) is 6.07 Å². The SMILES string of the molecule is O=C(Nc1c(Br)cccc1Br)c1ccc([N+](=O)[O-])c(F)c1. The van der Waals surface area contributed by atoms with E-state index < -0.39 is 22.3 Å². The van der Waals surface area contributed by atoms with Gasteiger partial charge in [0, 0.05) is 20.6 Å². The van der Waals surface area contributed by atoms with Gasteiger partial charge in [-0.05, 0) is 56.1 Å². The fraction of sp³-hybridized carbons (Fsp3) is 0. The van der Waals surface area contributed by atoms with E-state index in [2.05, 4.69) is 37.2 Å². The Hall–Kier alpha value is -1.80. The number of hydrogen-bond donors (Lipinski definition) is 1. The molecule has 0 unspecified atom stereocenters. The van der Waals surface area contributed by atoms with E-state index in [0.29, 0.717) is 14.6 Å². The largest absolute Gasteiger partial charge is 0.320 e. The second-order valence-corrected chi connectivity index (χ2v) is 5.68. The van der Waals surface area contributed by atoms with Crippen LogP contribution in [-0.2, 0) is 0 Å². The van der Waals surface area contributed by atoms with Gasteiger partial charge in [-0.25, -0.2) is 0 Å². The van der Waals surface area contributed by atoms with Gasteiger partial charge in [0.1, 0.15) is 0 Å². The van der Waals surface area contributed by atoms with Gasteiger partial charge >= 0.3 is 5.69 Å². The van der Waals surface area contributed by atoms with Gasteiger partial charge in [-0.2, -0.15) is 4.39 Å². The quantitative estimate of drug-likeness (QED) is 0.589. The van der Waals surface area contributed by atoms with E-state index in [1.807, 2.05) is 0 Å². The highest BCUT2D eigenvalue weighted by molar-refractivity contribution is 9.11. The van der Waals surface area contributed by atoms with Crippen LogP contribution >= 0.6 is 31.9 Å². The molecule has 5 nitrogen and oxygen atoms in total. The highest BCUT2D eigenvalue weighted by Gasteiger charge is 2.17. The first kappa shape index (κ1) is 15.6. The van der Waals surface area contributed by atoms with E-state index >= 15 is 0 Å². The van der Waals surface area contributed by atoms with E-state index in [9.17, 15) is 19.3 Å². The maximum Gasteiger partial charge on any atom is 0.304 e. The average Bonchev–Trinajstić information content (AvgIpc) is 2.42. The minimum atomic E-state index is -1.06. The summed E-state index contributed by atoms with van der Waals surface area (Å²) in [7, 11) is 0. The molecule has 2 rings (SSSR count). The smallest absolute Gasteiger partial charge is 0.304 e. The Morgan fingerprint density at radius 1 is 1.19 bits per heavy atom. The van der Waals surface area contributed by atoms with E-state index in [1.54, 1.807) is 18.2 Å². The third-order valence-electron chi connectivity index (χ3n) is 2.61. The van der Waals surface area contributed by atoms with Crippen molar-refractivity contribution in [3.05, 3.63) is 66.8 Å². The van der Waals surface area contributed by atoms with Crippen molar-refractivity contribution in [2.24, 2.45) is 0 Å². The molecule has 8 heteroatoms. The van der Waals surface area contributed by atoms with Crippen LogP contribution in [0.1, 0.15) is 10.4 Å². The van der Waals surface area contributed by atoms with Crippen LogP contribution in [0.25, 0.3) is 0 Å². The van der Waals surface area contributed by atoms with Crippen molar-refractivity contribution >= 4 is 49.1 Å². The fourth-order valence-electron chi connectivity index (χ4n) is 1.60. The first-order valence-corrected chi connectivity index (χ1v) is 7.18. The summed E-state index contributed by atoms with van der Waals surface area (Å²) in [4.78, 5) is 21.8. The Morgan fingerprint density at radius 3 is 2.33 bits per heavy atom. The minimum Gasteiger partial charge on any atom is -0.320 e. The standard InChI is InChI=1S/C13H7Br2FN2O3/c14-8-2-1-3-9(15)12(8)17-13(19)7-4-5-11(18(20)21)10(16)6-7/h1-6H,(H,17,19). The molecular weight excluding hydrogens is 411 g/mol. The third kappa shape index (κ3) is 3.45. The van der Waals surface area contributed by atoms with Crippen LogP contribution in [0.15, 0.2) is 45.3 Å². The number of amides is 1. The molecule has 2 aromatic carbocycles. The summed E-state index contributed by atoms with van der Waals surface area (Å²) >= 11 is 6.57. The van der Waals surface area contributed by atoms with Crippen molar-refractivity contribution in [3.8, 4) is 0 Å². The van der Waals surface area contributed by atoms with Crippen LogP contribution in [0.4, 0.5) is 15.8 Å². The van der Waals surface area contributed by atoms with Crippen molar-refractivity contribution in [2.45, 2.75) is 0 Å². The lowest BCUT2D eigenvalue weighted by atomic mass is 10.2. The molecule has 0 spiro atoms. The van der Waals surface area contributed by atoms with E-state index in [4.69, 9.17) is 0 Å². The Kier molecular flexibility index (Phi) is 4.69. The van der Waals surface area contributed by atoms with Crippen molar-refractivity contribution in [1.82, 2.24) is 0 Å². The van der Waals surface area contributed by atoms with Crippen LogP contribution in [0.5, 0.6) is 0 Å². The molecule has 108 valence electrons. The lowest BCUT2D eigenvalue weighted by Gasteiger charge is -2.09. The summed E-state index contributed by atoms with van der Waals surface area (Å²) in [6, 6.07) is 8.22. The minimum absolute atomic E-state index is 0.0132. The Morgan fingerprint density at radius 2 is 1.81 bits per heavy atom. The Balaban J connectivity index is 2.29. The number of nitrogens with zero attached hydrogens (tertiary/aromatic N) is 1. The number of hydrogen-bond acceptors (Lipinski definition) is 3. The second-order valence-electron chi connectivity index (χ2n) is 3.97. The van der Waals surface area contributed by atoms with Gasteiger partial charge in [-0.3, -0.25) is 14.9 Å². The normalized spacial score (nSPS) is 10.2. The van der Waals surface area contributed by atoms with E-state index in [0.717, 1.165) is 12.1 Å². The number of halogens is 3. The molecule has 2 aromatic rings. The zero-order valence-electron chi connectivity index (χ0n) is 10.3. The lowest BCUT2D eigenvalue weighted by Crippen LogP contribution is -2.13. The highest BCUT2D eigenvalue weighted by Crippen LogP contribution is 2.31. The second kappa shape index (κ2) is 6.31. The summed E-state index contributed by atoms with van der Waals surface area (Å²) in [6.07, 6.45) is 0. The molecule has 0 aliphatic rings. The monoisotopic (exact) mass is 416 g/mol. The van der Waals surface area contributed by atoms with E-state index in [-0.39, 0.29) is 5.56 Å². The molecule has 0 aromatic heterocycles. The third-order valence-corrected chi connectivity index (χ3v) is 3.93. The molecule has 0 saturated heterocycles. The molecule has 0 aliphatic heterocycles. The van der Waals surface area contributed by atoms with Gasteiger partial charge < -0.3 is 5.32 Å².